The molecule has 8 heteroatoms. The van der Waals surface area contributed by atoms with Gasteiger partial charge >= 0.3 is 0 Å². The van der Waals surface area contributed by atoms with Gasteiger partial charge in [0.2, 0.25) is 5.88 Å². The number of aryl methyl sites for hydroxylation is 1. The zero-order valence-corrected chi connectivity index (χ0v) is 12.8. The summed E-state index contributed by atoms with van der Waals surface area (Å²) >= 11 is 0. The first kappa shape index (κ1) is 14.9. The summed E-state index contributed by atoms with van der Waals surface area (Å²) in [5.74, 6) is 0.740. The van der Waals surface area contributed by atoms with Crippen LogP contribution in [0.5, 0.6) is 5.88 Å². The van der Waals surface area contributed by atoms with Crippen LogP contribution >= 0.6 is 0 Å². The Bertz CT molecular complexity index is 727. The number of furan rings is 1. The molecule has 0 aromatic carbocycles. The third-order valence-electron chi connectivity index (χ3n) is 3.40. The Morgan fingerprint density at radius 1 is 1.48 bits per heavy atom. The van der Waals surface area contributed by atoms with Gasteiger partial charge in [-0.3, -0.25) is 14.2 Å². The van der Waals surface area contributed by atoms with Crippen LogP contribution in [0.2, 0.25) is 0 Å². The summed E-state index contributed by atoms with van der Waals surface area (Å²) in [6.45, 7) is 0.325. The highest BCUT2D eigenvalue weighted by Gasteiger charge is 2.21. The Kier molecular flexibility index (Phi) is 4.13. The first-order chi connectivity index (χ1) is 11.2. The highest BCUT2D eigenvalue weighted by atomic mass is 16.5. The van der Waals surface area contributed by atoms with Gasteiger partial charge in [0.25, 0.3) is 5.91 Å². The minimum absolute atomic E-state index is 0.230. The van der Waals surface area contributed by atoms with Crippen molar-refractivity contribution in [3.8, 4) is 5.88 Å². The minimum Gasteiger partial charge on any atom is -0.479 e. The van der Waals surface area contributed by atoms with E-state index >= 15 is 0 Å². The van der Waals surface area contributed by atoms with Crippen LogP contribution in [-0.4, -0.2) is 39.1 Å². The molecule has 0 bridgehead atoms. The van der Waals surface area contributed by atoms with Gasteiger partial charge in [-0.05, 0) is 18.2 Å². The second kappa shape index (κ2) is 6.39. The second-order valence-corrected chi connectivity index (χ2v) is 4.95. The molecule has 0 fully saturated rings. The summed E-state index contributed by atoms with van der Waals surface area (Å²) in [7, 11) is 3.21. The summed E-state index contributed by atoms with van der Waals surface area (Å²) in [6.07, 6.45) is 6.72. The fourth-order valence-corrected chi connectivity index (χ4v) is 2.33. The fourth-order valence-electron chi connectivity index (χ4n) is 2.33. The summed E-state index contributed by atoms with van der Waals surface area (Å²) in [6, 6.07) is 5.25. The zero-order valence-electron chi connectivity index (χ0n) is 12.8. The van der Waals surface area contributed by atoms with Gasteiger partial charge in [0.05, 0.1) is 13.4 Å². The highest BCUT2D eigenvalue weighted by Crippen LogP contribution is 2.18. The summed E-state index contributed by atoms with van der Waals surface area (Å²) in [4.78, 5) is 12.4. The second-order valence-electron chi connectivity index (χ2n) is 4.95. The molecule has 0 aliphatic rings. The predicted molar refractivity (Wildman–Crippen MR) is 81.2 cm³/mol. The normalized spacial score (nSPS) is 12.1. The number of carbonyl (C=O) groups excluding carboxylic acids is 1. The van der Waals surface area contributed by atoms with Crippen LogP contribution in [0.15, 0.2) is 47.5 Å². The molecule has 1 atom stereocenters. The maximum atomic E-state index is 12.4. The van der Waals surface area contributed by atoms with E-state index in [2.05, 4.69) is 15.5 Å². The van der Waals surface area contributed by atoms with Crippen molar-refractivity contribution in [3.63, 3.8) is 0 Å². The maximum Gasteiger partial charge on any atom is 0.258 e. The molecule has 3 aromatic heterocycles. The summed E-state index contributed by atoms with van der Waals surface area (Å²) < 4.78 is 13.8. The minimum atomic E-state index is -0.265. The molecule has 3 rings (SSSR count). The third kappa shape index (κ3) is 3.10. The van der Waals surface area contributed by atoms with Crippen molar-refractivity contribution < 1.29 is 13.9 Å². The molecule has 1 N–H and O–H groups in total. The number of nitrogens with one attached hydrogen (secondary N) is 1. The van der Waals surface area contributed by atoms with Crippen LogP contribution in [0.25, 0.3) is 0 Å². The number of aromatic nitrogens is 4. The van der Waals surface area contributed by atoms with Gasteiger partial charge in [-0.25, -0.2) is 0 Å². The molecule has 120 valence electrons. The van der Waals surface area contributed by atoms with E-state index < -0.39 is 0 Å². The van der Waals surface area contributed by atoms with Crippen LogP contribution in [0.4, 0.5) is 0 Å². The molecule has 1 amide bonds. The standard InChI is InChI=1S/C15H17N5O3/c1-19-10-11(15(18-19)22-2)14(21)16-9-12(13-5-3-8-23-13)20-7-4-6-17-20/h3-8,10,12H,9H2,1-2H3,(H,16,21)/t12-/m1/s1. The van der Waals surface area contributed by atoms with Crippen molar-refractivity contribution in [1.29, 1.82) is 0 Å². The van der Waals surface area contributed by atoms with Crippen molar-refractivity contribution in [2.45, 2.75) is 6.04 Å². The molecule has 0 radical (unpaired) electrons. The van der Waals surface area contributed by atoms with Gasteiger partial charge in [-0.1, -0.05) is 0 Å². The van der Waals surface area contributed by atoms with Gasteiger partial charge in [0.1, 0.15) is 17.4 Å². The van der Waals surface area contributed by atoms with Crippen LogP contribution in [0, 0.1) is 0 Å². The lowest BCUT2D eigenvalue weighted by Gasteiger charge is -2.16. The number of amides is 1. The van der Waals surface area contributed by atoms with Crippen molar-refractivity contribution in [2.24, 2.45) is 7.05 Å². The van der Waals surface area contributed by atoms with Gasteiger partial charge in [-0.15, -0.1) is 5.10 Å². The van der Waals surface area contributed by atoms with Crippen molar-refractivity contribution in [1.82, 2.24) is 24.9 Å². The average molecular weight is 315 g/mol. The fraction of sp³-hybridized carbons (Fsp3) is 0.267. The van der Waals surface area contributed by atoms with Crippen LogP contribution < -0.4 is 10.1 Å². The quantitative estimate of drug-likeness (QED) is 0.739. The van der Waals surface area contributed by atoms with E-state index in [9.17, 15) is 4.79 Å². The molecule has 8 nitrogen and oxygen atoms in total. The Morgan fingerprint density at radius 3 is 3.00 bits per heavy atom. The van der Waals surface area contributed by atoms with E-state index in [0.717, 1.165) is 0 Å². The molecule has 0 saturated heterocycles. The van der Waals surface area contributed by atoms with Crippen LogP contribution in [0.1, 0.15) is 22.2 Å². The van der Waals surface area contributed by atoms with E-state index in [4.69, 9.17) is 9.15 Å². The Morgan fingerprint density at radius 2 is 2.35 bits per heavy atom. The Balaban J connectivity index is 1.75. The van der Waals surface area contributed by atoms with E-state index in [1.807, 2.05) is 18.3 Å². The topological polar surface area (TPSA) is 87.1 Å². The van der Waals surface area contributed by atoms with Gasteiger partial charge in [0, 0.05) is 32.2 Å². The first-order valence-corrected chi connectivity index (χ1v) is 7.07. The molecular weight excluding hydrogens is 298 g/mol. The van der Waals surface area contributed by atoms with Gasteiger partial charge in [-0.2, -0.15) is 5.10 Å². The van der Waals surface area contributed by atoms with Crippen molar-refractivity contribution >= 4 is 5.91 Å². The molecule has 0 aliphatic carbocycles. The maximum absolute atomic E-state index is 12.4. The first-order valence-electron chi connectivity index (χ1n) is 7.07. The summed E-state index contributed by atoms with van der Waals surface area (Å²) in [5, 5.41) is 11.2. The van der Waals surface area contributed by atoms with Crippen LogP contribution in [-0.2, 0) is 7.05 Å². The van der Waals surface area contributed by atoms with E-state index in [1.54, 1.807) is 36.5 Å². The lowest BCUT2D eigenvalue weighted by atomic mass is 10.2. The zero-order chi connectivity index (χ0) is 16.2. The number of ether oxygens (including phenoxy) is 1. The Labute approximate surface area is 132 Å². The van der Waals surface area contributed by atoms with E-state index in [-0.39, 0.29) is 11.9 Å². The van der Waals surface area contributed by atoms with Crippen molar-refractivity contribution in [3.05, 3.63) is 54.4 Å². The average Bonchev–Trinajstić information content (AvgIpc) is 3.28. The number of hydrogen-bond acceptors (Lipinski definition) is 5. The molecule has 0 saturated carbocycles. The van der Waals surface area contributed by atoms with Gasteiger partial charge < -0.3 is 14.5 Å². The molecule has 3 heterocycles. The largest absolute Gasteiger partial charge is 0.479 e. The van der Waals surface area contributed by atoms with Crippen molar-refractivity contribution in [2.75, 3.05) is 13.7 Å². The molecule has 3 aromatic rings. The van der Waals surface area contributed by atoms with Crippen LogP contribution in [0.3, 0.4) is 0 Å². The lowest BCUT2D eigenvalue weighted by Crippen LogP contribution is -2.31. The smallest absolute Gasteiger partial charge is 0.258 e. The number of nitrogens with zero attached hydrogens (tertiary/aromatic N) is 4. The number of hydrogen-bond donors (Lipinski definition) is 1. The SMILES string of the molecule is COc1nn(C)cc1C(=O)NC[C@H](c1ccco1)n1cccn1. The monoisotopic (exact) mass is 315 g/mol. The molecule has 0 aliphatic heterocycles. The summed E-state index contributed by atoms with van der Waals surface area (Å²) in [5.41, 5.74) is 0.383. The molecule has 0 spiro atoms. The van der Waals surface area contributed by atoms with E-state index in [1.165, 1.54) is 11.8 Å². The Hall–Kier alpha value is -3.03. The third-order valence-corrected chi connectivity index (χ3v) is 3.40. The molecule has 23 heavy (non-hydrogen) atoms. The predicted octanol–water partition coefficient (Wildman–Crippen LogP) is 1.24. The number of methoxy groups -OCH3 is 1. The lowest BCUT2D eigenvalue weighted by molar-refractivity contribution is 0.0945. The number of carbonyl (C=O) groups is 1. The van der Waals surface area contributed by atoms with Gasteiger partial charge in [0.15, 0.2) is 0 Å². The molecular formula is C15H17N5O3. The number of rotatable bonds is 6. The van der Waals surface area contributed by atoms with E-state index in [0.29, 0.717) is 23.7 Å². The molecule has 0 unspecified atom stereocenters. The highest BCUT2D eigenvalue weighted by molar-refractivity contribution is 5.96.